The van der Waals surface area contributed by atoms with Gasteiger partial charge >= 0.3 is 5.97 Å². The maximum atomic E-state index is 11.1. The number of nitrogens with zero attached hydrogens (tertiary/aromatic N) is 4. The molecule has 7 nitrogen and oxygen atoms in total. The van der Waals surface area contributed by atoms with Crippen LogP contribution in [0.25, 0.3) is 21.1 Å². The molecule has 2 heterocycles. The number of piperazine rings is 1. The van der Waals surface area contributed by atoms with Crippen LogP contribution >= 0.6 is 11.3 Å². The molecule has 1 fully saturated rings. The number of aromatic nitrogens is 2. The van der Waals surface area contributed by atoms with Gasteiger partial charge in [0.05, 0.1) is 5.56 Å². The van der Waals surface area contributed by atoms with Crippen molar-refractivity contribution in [3.63, 3.8) is 0 Å². The van der Waals surface area contributed by atoms with Crippen molar-refractivity contribution in [2.75, 3.05) is 51.3 Å². The van der Waals surface area contributed by atoms with Crippen LogP contribution in [0.2, 0.25) is 0 Å². The third kappa shape index (κ3) is 7.10. The van der Waals surface area contributed by atoms with Gasteiger partial charge in [0.1, 0.15) is 10.0 Å². The van der Waals surface area contributed by atoms with Crippen LogP contribution in [-0.2, 0) is 4.74 Å². The van der Waals surface area contributed by atoms with E-state index in [1.165, 1.54) is 55.7 Å². The highest BCUT2D eigenvalue weighted by Crippen LogP contribution is 2.31. The first-order chi connectivity index (χ1) is 17.1. The smallest absolute Gasteiger partial charge is 0.335 e. The molecule has 35 heavy (non-hydrogen) atoms. The molecule has 8 heteroatoms. The molecule has 0 bridgehead atoms. The molecule has 1 aromatic heterocycles. The number of aromatic carboxylic acids is 1. The fourth-order valence-electron chi connectivity index (χ4n) is 4.37. The Hall–Kier alpha value is -2.81. The number of hydrogen-bond acceptors (Lipinski definition) is 7. The number of unbranched alkanes of at least 4 members (excludes halogenated alkanes) is 4. The first-order valence-corrected chi connectivity index (χ1v) is 13.2. The van der Waals surface area contributed by atoms with Crippen molar-refractivity contribution in [3.05, 3.63) is 54.1 Å². The lowest BCUT2D eigenvalue weighted by Crippen LogP contribution is -2.46. The summed E-state index contributed by atoms with van der Waals surface area (Å²) in [6.07, 6.45) is 6.36. The summed E-state index contributed by atoms with van der Waals surface area (Å²) in [6, 6.07) is 15.3. The van der Waals surface area contributed by atoms with E-state index < -0.39 is 5.97 Å². The Kier molecular flexibility index (Phi) is 9.22. The maximum absolute atomic E-state index is 11.1. The standard InChI is InChI=1S/C27H34N4O3S/c1-34-20-6-4-2-3-5-15-30-16-18-31(19-17-30)24-13-11-22(12-14-24)26-29-28-25(35-26)21-7-9-23(10-8-21)27(32)33/h7-14H,2-6,15-20H2,1H3,(H,32,33). The molecule has 0 radical (unpaired) electrons. The summed E-state index contributed by atoms with van der Waals surface area (Å²) in [7, 11) is 1.77. The molecule has 4 rings (SSSR count). The monoisotopic (exact) mass is 494 g/mol. The lowest BCUT2D eigenvalue weighted by molar-refractivity contribution is 0.0697. The molecular formula is C27H34N4O3S. The molecule has 1 N–H and O–H groups in total. The second-order valence-corrected chi connectivity index (χ2v) is 9.91. The number of anilines is 1. The van der Waals surface area contributed by atoms with Gasteiger partial charge in [-0.2, -0.15) is 0 Å². The van der Waals surface area contributed by atoms with Gasteiger partial charge in [0.25, 0.3) is 0 Å². The second kappa shape index (κ2) is 12.8. The molecule has 186 valence electrons. The third-order valence-corrected chi connectivity index (χ3v) is 7.50. The zero-order valence-electron chi connectivity index (χ0n) is 20.4. The molecule has 3 aromatic rings. The summed E-state index contributed by atoms with van der Waals surface area (Å²) >= 11 is 1.51. The summed E-state index contributed by atoms with van der Waals surface area (Å²) in [5.41, 5.74) is 3.44. The highest BCUT2D eigenvalue weighted by atomic mass is 32.1. The minimum Gasteiger partial charge on any atom is -0.478 e. The van der Waals surface area contributed by atoms with Gasteiger partial charge in [-0.3, -0.25) is 4.90 Å². The van der Waals surface area contributed by atoms with E-state index in [4.69, 9.17) is 9.84 Å². The Morgan fingerprint density at radius 2 is 1.43 bits per heavy atom. The summed E-state index contributed by atoms with van der Waals surface area (Å²) in [6.45, 7) is 6.44. The molecule has 1 saturated heterocycles. The van der Waals surface area contributed by atoms with Crippen molar-refractivity contribution in [2.24, 2.45) is 0 Å². The third-order valence-electron chi connectivity index (χ3n) is 6.48. The summed E-state index contributed by atoms with van der Waals surface area (Å²) in [5, 5.41) is 19.4. The summed E-state index contributed by atoms with van der Waals surface area (Å²) < 4.78 is 5.11. The average Bonchev–Trinajstić information content (AvgIpc) is 3.39. The summed E-state index contributed by atoms with van der Waals surface area (Å²) in [5.74, 6) is -0.930. The molecule has 0 saturated carbocycles. The zero-order chi connectivity index (χ0) is 24.5. The summed E-state index contributed by atoms with van der Waals surface area (Å²) in [4.78, 5) is 16.1. The van der Waals surface area contributed by atoms with Gasteiger partial charge in [0.15, 0.2) is 0 Å². The van der Waals surface area contributed by atoms with Crippen molar-refractivity contribution in [1.82, 2.24) is 15.1 Å². The van der Waals surface area contributed by atoms with Crippen molar-refractivity contribution >= 4 is 23.0 Å². The van der Waals surface area contributed by atoms with E-state index in [9.17, 15) is 4.79 Å². The van der Waals surface area contributed by atoms with Crippen LogP contribution < -0.4 is 4.90 Å². The molecule has 0 atom stereocenters. The van der Waals surface area contributed by atoms with Gasteiger partial charge in [-0.15, -0.1) is 10.2 Å². The number of methoxy groups -OCH3 is 1. The van der Waals surface area contributed by atoms with Crippen LogP contribution in [0.1, 0.15) is 42.5 Å². The number of ether oxygens (including phenoxy) is 1. The van der Waals surface area contributed by atoms with E-state index in [1.54, 1.807) is 31.4 Å². The average molecular weight is 495 g/mol. The number of carboxylic acid groups (broad SMARTS) is 1. The van der Waals surface area contributed by atoms with E-state index in [1.807, 2.05) is 0 Å². The van der Waals surface area contributed by atoms with E-state index in [2.05, 4.69) is 44.3 Å². The topological polar surface area (TPSA) is 78.8 Å². The Morgan fingerprint density at radius 1 is 0.857 bits per heavy atom. The number of benzene rings is 2. The fourth-order valence-corrected chi connectivity index (χ4v) is 5.22. The Labute approximate surface area is 211 Å². The predicted octanol–water partition coefficient (Wildman–Crippen LogP) is 5.29. The molecule has 1 aliphatic heterocycles. The molecule has 0 unspecified atom stereocenters. The second-order valence-electron chi connectivity index (χ2n) is 8.93. The van der Waals surface area contributed by atoms with Crippen LogP contribution in [-0.4, -0.2) is 72.6 Å². The number of rotatable bonds is 12. The number of carboxylic acids is 1. The normalized spacial score (nSPS) is 14.4. The highest BCUT2D eigenvalue weighted by molar-refractivity contribution is 7.17. The van der Waals surface area contributed by atoms with Crippen molar-refractivity contribution in [1.29, 1.82) is 0 Å². The number of hydrogen-bond donors (Lipinski definition) is 1. The number of carbonyl (C=O) groups is 1. The first-order valence-electron chi connectivity index (χ1n) is 12.4. The van der Waals surface area contributed by atoms with Crippen LogP contribution in [0.3, 0.4) is 0 Å². The van der Waals surface area contributed by atoms with Crippen LogP contribution in [0.15, 0.2) is 48.5 Å². The minimum absolute atomic E-state index is 0.267. The van der Waals surface area contributed by atoms with Gasteiger partial charge in [0, 0.05) is 56.7 Å². The molecule has 1 aliphatic rings. The van der Waals surface area contributed by atoms with E-state index in [-0.39, 0.29) is 5.56 Å². The Morgan fingerprint density at radius 3 is 2.03 bits per heavy atom. The lowest BCUT2D eigenvalue weighted by Gasteiger charge is -2.36. The van der Waals surface area contributed by atoms with Crippen molar-refractivity contribution in [2.45, 2.75) is 32.1 Å². The van der Waals surface area contributed by atoms with Crippen molar-refractivity contribution < 1.29 is 14.6 Å². The lowest BCUT2D eigenvalue weighted by atomic mass is 10.1. The first kappa shape index (κ1) is 25.3. The largest absolute Gasteiger partial charge is 0.478 e. The predicted molar refractivity (Wildman–Crippen MR) is 141 cm³/mol. The van der Waals surface area contributed by atoms with Gasteiger partial charge in [-0.05, 0) is 55.8 Å². The van der Waals surface area contributed by atoms with E-state index in [0.717, 1.165) is 53.9 Å². The van der Waals surface area contributed by atoms with Gasteiger partial charge in [0.2, 0.25) is 0 Å². The molecule has 2 aromatic carbocycles. The minimum atomic E-state index is -0.930. The van der Waals surface area contributed by atoms with Crippen LogP contribution in [0.5, 0.6) is 0 Å². The molecule has 0 aliphatic carbocycles. The Balaban J connectivity index is 1.24. The van der Waals surface area contributed by atoms with Gasteiger partial charge in [-0.25, -0.2) is 4.79 Å². The van der Waals surface area contributed by atoms with Crippen LogP contribution in [0.4, 0.5) is 5.69 Å². The molecule has 0 amide bonds. The quantitative estimate of drug-likeness (QED) is 0.343. The van der Waals surface area contributed by atoms with E-state index >= 15 is 0 Å². The Bertz CT molecular complexity index is 1060. The van der Waals surface area contributed by atoms with Gasteiger partial charge in [-0.1, -0.05) is 42.7 Å². The fraction of sp³-hybridized carbons (Fsp3) is 0.444. The maximum Gasteiger partial charge on any atom is 0.335 e. The SMILES string of the molecule is COCCCCCCCN1CCN(c2ccc(-c3nnc(-c4ccc(C(=O)O)cc4)s3)cc2)CC1. The molecule has 0 spiro atoms. The van der Waals surface area contributed by atoms with Crippen molar-refractivity contribution in [3.8, 4) is 21.1 Å². The molecular weight excluding hydrogens is 460 g/mol. The zero-order valence-corrected chi connectivity index (χ0v) is 21.2. The highest BCUT2D eigenvalue weighted by Gasteiger charge is 2.17. The van der Waals surface area contributed by atoms with Crippen LogP contribution in [0, 0.1) is 0 Å². The van der Waals surface area contributed by atoms with E-state index in [0.29, 0.717) is 0 Å². The van der Waals surface area contributed by atoms with Gasteiger partial charge < -0.3 is 14.7 Å².